The molecule has 0 radical (unpaired) electrons. The first kappa shape index (κ1) is 30.2. The normalized spacial score (nSPS) is 11.9. The fourth-order valence-corrected chi connectivity index (χ4v) is 6.22. The molecule has 0 saturated carbocycles. The predicted octanol–water partition coefficient (Wildman–Crippen LogP) is 4.82. The minimum atomic E-state index is -4.18. The Kier molecular flexibility index (Phi) is 10.2. The van der Waals surface area contributed by atoms with Crippen molar-refractivity contribution in [2.24, 2.45) is 0 Å². The largest absolute Gasteiger partial charge is 0.496 e. The van der Waals surface area contributed by atoms with E-state index in [0.717, 1.165) is 21.0 Å². The summed E-state index contributed by atoms with van der Waals surface area (Å²) < 4.78 is 34.7. The van der Waals surface area contributed by atoms with E-state index in [1.165, 1.54) is 24.1 Å². The number of halogens is 1. The SMILES string of the molecule is CCNC(=O)[C@H](C)N(Cc1cccc(C)c1)C(=O)CN(c1ccc(C)cc1)S(=O)(=O)c1ccc(OC)c(Br)c1. The van der Waals surface area contributed by atoms with Gasteiger partial charge in [0.15, 0.2) is 0 Å². The molecule has 0 aromatic heterocycles. The summed E-state index contributed by atoms with van der Waals surface area (Å²) in [7, 11) is -2.69. The van der Waals surface area contributed by atoms with Crippen molar-refractivity contribution in [3.63, 3.8) is 0 Å². The number of anilines is 1. The van der Waals surface area contributed by atoms with Crippen molar-refractivity contribution < 1.29 is 22.7 Å². The molecule has 1 N–H and O–H groups in total. The van der Waals surface area contributed by atoms with Gasteiger partial charge in [0.25, 0.3) is 10.0 Å². The minimum Gasteiger partial charge on any atom is -0.496 e. The zero-order valence-electron chi connectivity index (χ0n) is 22.8. The van der Waals surface area contributed by atoms with Crippen molar-refractivity contribution in [3.8, 4) is 5.75 Å². The van der Waals surface area contributed by atoms with Crippen LogP contribution in [-0.4, -0.2) is 51.4 Å². The molecule has 0 aliphatic rings. The first-order chi connectivity index (χ1) is 18.5. The Labute approximate surface area is 239 Å². The predicted molar refractivity (Wildman–Crippen MR) is 156 cm³/mol. The van der Waals surface area contributed by atoms with Crippen LogP contribution >= 0.6 is 15.9 Å². The Bertz CT molecular complexity index is 1430. The molecule has 0 saturated heterocycles. The number of sulfonamides is 1. The van der Waals surface area contributed by atoms with Gasteiger partial charge >= 0.3 is 0 Å². The number of hydrogen-bond acceptors (Lipinski definition) is 5. The van der Waals surface area contributed by atoms with Gasteiger partial charge in [0.1, 0.15) is 18.3 Å². The van der Waals surface area contributed by atoms with Gasteiger partial charge in [-0.15, -0.1) is 0 Å². The monoisotopic (exact) mass is 615 g/mol. The van der Waals surface area contributed by atoms with Gasteiger partial charge in [-0.05, 0) is 79.5 Å². The highest BCUT2D eigenvalue weighted by molar-refractivity contribution is 9.10. The lowest BCUT2D eigenvalue weighted by atomic mass is 10.1. The number of nitrogens with zero attached hydrogens (tertiary/aromatic N) is 2. The lowest BCUT2D eigenvalue weighted by molar-refractivity contribution is -0.139. The molecule has 2 amide bonds. The summed E-state index contributed by atoms with van der Waals surface area (Å²) in [4.78, 5) is 28.1. The summed E-state index contributed by atoms with van der Waals surface area (Å²) in [6, 6.07) is 18.2. The Morgan fingerprint density at radius 3 is 2.28 bits per heavy atom. The van der Waals surface area contributed by atoms with Gasteiger partial charge in [0.05, 0.1) is 22.2 Å². The summed E-state index contributed by atoms with van der Waals surface area (Å²) >= 11 is 3.35. The number of likely N-dealkylation sites (N-methyl/N-ethyl adjacent to an activating group) is 1. The van der Waals surface area contributed by atoms with Crippen molar-refractivity contribution >= 4 is 43.5 Å². The molecular formula is C29H34BrN3O5S. The average Bonchev–Trinajstić information content (AvgIpc) is 2.90. The number of amides is 2. The molecule has 3 aromatic rings. The number of aryl methyl sites for hydroxylation is 2. The van der Waals surface area contributed by atoms with Crippen LogP contribution in [0.4, 0.5) is 5.69 Å². The number of carbonyl (C=O) groups is 2. The van der Waals surface area contributed by atoms with Crippen LogP contribution in [-0.2, 0) is 26.2 Å². The number of hydrogen-bond donors (Lipinski definition) is 1. The van der Waals surface area contributed by atoms with Crippen molar-refractivity contribution in [3.05, 3.63) is 87.9 Å². The maximum atomic E-state index is 14.0. The van der Waals surface area contributed by atoms with Crippen LogP contribution in [0.15, 0.2) is 76.1 Å². The first-order valence-electron chi connectivity index (χ1n) is 12.5. The quantitative estimate of drug-likeness (QED) is 0.333. The lowest BCUT2D eigenvalue weighted by Gasteiger charge is -2.32. The number of ether oxygens (including phenoxy) is 1. The van der Waals surface area contributed by atoms with Crippen LogP contribution in [0.1, 0.15) is 30.5 Å². The minimum absolute atomic E-state index is 0.00874. The second-order valence-corrected chi connectivity index (χ2v) is 11.9. The second-order valence-electron chi connectivity index (χ2n) is 9.22. The molecule has 0 aliphatic carbocycles. The van der Waals surface area contributed by atoms with Gasteiger partial charge in [-0.2, -0.15) is 0 Å². The third-order valence-corrected chi connectivity index (χ3v) is 8.66. The zero-order chi connectivity index (χ0) is 28.7. The molecule has 3 rings (SSSR count). The molecule has 10 heteroatoms. The summed E-state index contributed by atoms with van der Waals surface area (Å²) in [5.41, 5.74) is 3.13. The zero-order valence-corrected chi connectivity index (χ0v) is 25.2. The Morgan fingerprint density at radius 2 is 1.69 bits per heavy atom. The molecule has 3 aromatic carbocycles. The van der Waals surface area contributed by atoms with Crippen LogP contribution in [0.5, 0.6) is 5.75 Å². The lowest BCUT2D eigenvalue weighted by Crippen LogP contribution is -2.51. The highest BCUT2D eigenvalue weighted by atomic mass is 79.9. The van der Waals surface area contributed by atoms with Gasteiger partial charge in [0.2, 0.25) is 11.8 Å². The van der Waals surface area contributed by atoms with E-state index in [4.69, 9.17) is 4.74 Å². The van der Waals surface area contributed by atoms with Crippen LogP contribution in [0, 0.1) is 13.8 Å². The Morgan fingerprint density at radius 1 is 1.00 bits per heavy atom. The van der Waals surface area contributed by atoms with Crippen molar-refractivity contribution in [1.82, 2.24) is 10.2 Å². The third-order valence-electron chi connectivity index (χ3n) is 6.27. The first-order valence-corrected chi connectivity index (χ1v) is 14.8. The molecule has 0 spiro atoms. The summed E-state index contributed by atoms with van der Waals surface area (Å²) in [6.45, 7) is 7.35. The number of methoxy groups -OCH3 is 1. The van der Waals surface area contributed by atoms with E-state index in [0.29, 0.717) is 22.5 Å². The van der Waals surface area contributed by atoms with E-state index >= 15 is 0 Å². The van der Waals surface area contributed by atoms with E-state index in [2.05, 4.69) is 21.2 Å². The number of carbonyl (C=O) groups excluding carboxylic acids is 2. The van der Waals surface area contributed by atoms with Crippen LogP contribution in [0.2, 0.25) is 0 Å². The number of benzene rings is 3. The highest BCUT2D eigenvalue weighted by Crippen LogP contribution is 2.31. The fourth-order valence-electron chi connectivity index (χ4n) is 4.09. The van der Waals surface area contributed by atoms with E-state index in [9.17, 15) is 18.0 Å². The van der Waals surface area contributed by atoms with Gasteiger partial charge in [-0.25, -0.2) is 8.42 Å². The molecule has 0 bridgehead atoms. The van der Waals surface area contributed by atoms with E-state index in [1.807, 2.05) is 38.1 Å². The molecule has 1 atom stereocenters. The molecule has 0 heterocycles. The fraction of sp³-hybridized carbons (Fsp3) is 0.310. The van der Waals surface area contributed by atoms with E-state index < -0.39 is 28.5 Å². The highest BCUT2D eigenvalue weighted by Gasteiger charge is 2.32. The molecular weight excluding hydrogens is 582 g/mol. The number of rotatable bonds is 11. The molecule has 8 nitrogen and oxygen atoms in total. The summed E-state index contributed by atoms with van der Waals surface area (Å²) in [5.74, 6) is -0.346. The summed E-state index contributed by atoms with van der Waals surface area (Å²) in [5, 5.41) is 2.76. The smallest absolute Gasteiger partial charge is 0.264 e. The van der Waals surface area contributed by atoms with Crippen LogP contribution in [0.25, 0.3) is 0 Å². The Hall–Kier alpha value is -3.37. The van der Waals surface area contributed by atoms with Crippen LogP contribution < -0.4 is 14.4 Å². The molecule has 0 unspecified atom stereocenters. The van der Waals surface area contributed by atoms with Gasteiger partial charge in [-0.1, -0.05) is 47.5 Å². The van der Waals surface area contributed by atoms with Crippen molar-refractivity contribution in [2.45, 2.75) is 45.2 Å². The maximum absolute atomic E-state index is 14.0. The molecule has 208 valence electrons. The Balaban J connectivity index is 2.05. The van der Waals surface area contributed by atoms with E-state index in [-0.39, 0.29) is 17.3 Å². The van der Waals surface area contributed by atoms with Crippen molar-refractivity contribution in [2.75, 3.05) is 24.5 Å². The molecule has 0 fully saturated rings. The van der Waals surface area contributed by atoms with Gasteiger partial charge < -0.3 is 15.0 Å². The van der Waals surface area contributed by atoms with Gasteiger partial charge in [0, 0.05) is 13.1 Å². The average molecular weight is 617 g/mol. The molecule has 0 aliphatic heterocycles. The van der Waals surface area contributed by atoms with Crippen molar-refractivity contribution in [1.29, 1.82) is 0 Å². The number of nitrogens with one attached hydrogen (secondary N) is 1. The molecule has 39 heavy (non-hydrogen) atoms. The third kappa shape index (κ3) is 7.39. The second kappa shape index (κ2) is 13.1. The maximum Gasteiger partial charge on any atom is 0.264 e. The standard InChI is InChI=1S/C29H34BrN3O5S/c1-6-31-29(35)22(4)32(18-23-9-7-8-21(3)16-23)28(34)19-33(24-12-10-20(2)11-13-24)39(36,37)25-14-15-27(38-5)26(30)17-25/h7-17,22H,6,18-19H2,1-5H3,(H,31,35)/t22-/m0/s1. The van der Waals surface area contributed by atoms with Gasteiger partial charge in [-0.3, -0.25) is 13.9 Å². The van der Waals surface area contributed by atoms with E-state index in [1.54, 1.807) is 44.2 Å². The topological polar surface area (TPSA) is 96.0 Å². The van der Waals surface area contributed by atoms with Crippen LogP contribution in [0.3, 0.4) is 0 Å². The summed E-state index contributed by atoms with van der Waals surface area (Å²) in [6.07, 6.45) is 0.